The number of benzene rings is 2. The summed E-state index contributed by atoms with van der Waals surface area (Å²) in [6.07, 6.45) is 0.368. The Bertz CT molecular complexity index is 661. The van der Waals surface area contributed by atoms with E-state index in [1.165, 1.54) is 0 Å². The Morgan fingerprint density at radius 1 is 1.05 bits per heavy atom. The van der Waals surface area contributed by atoms with E-state index in [1.54, 1.807) is 20.3 Å². The third-order valence-corrected chi connectivity index (χ3v) is 3.68. The Hall–Kier alpha value is -2.49. The Morgan fingerprint density at radius 2 is 1.81 bits per heavy atom. The zero-order valence-electron chi connectivity index (χ0n) is 12.0. The second-order valence-electron chi connectivity index (χ2n) is 4.87. The highest BCUT2D eigenvalue weighted by atomic mass is 16.5. The summed E-state index contributed by atoms with van der Waals surface area (Å²) in [7, 11) is 3.18. The van der Waals surface area contributed by atoms with Crippen LogP contribution in [0.15, 0.2) is 42.5 Å². The van der Waals surface area contributed by atoms with Gasteiger partial charge in [-0.1, -0.05) is 24.3 Å². The minimum absolute atomic E-state index is 0.275. The predicted molar refractivity (Wildman–Crippen MR) is 77.8 cm³/mol. The van der Waals surface area contributed by atoms with Crippen LogP contribution in [0.2, 0.25) is 0 Å². The lowest BCUT2D eigenvalue weighted by molar-refractivity contribution is 0.0248. The maximum atomic E-state index is 12.2. The largest absolute Gasteiger partial charge is 0.497 e. The van der Waals surface area contributed by atoms with Crippen LogP contribution in [0.1, 0.15) is 27.6 Å². The van der Waals surface area contributed by atoms with Gasteiger partial charge in [-0.2, -0.15) is 0 Å². The summed E-state index contributed by atoms with van der Waals surface area (Å²) >= 11 is 0. The monoisotopic (exact) mass is 284 g/mol. The number of hydrogen-bond donors (Lipinski definition) is 0. The van der Waals surface area contributed by atoms with E-state index in [1.807, 2.05) is 36.4 Å². The molecule has 0 aromatic heterocycles. The lowest BCUT2D eigenvalue weighted by atomic mass is 9.94. The molecule has 0 saturated carbocycles. The SMILES string of the molecule is COc1ccc([C@@H]2Cc3cccc(OC)c3C(=O)O2)cc1. The molecule has 0 spiro atoms. The molecule has 0 aliphatic carbocycles. The van der Waals surface area contributed by atoms with Crippen LogP contribution in [0.4, 0.5) is 0 Å². The second-order valence-corrected chi connectivity index (χ2v) is 4.87. The first-order valence-corrected chi connectivity index (χ1v) is 6.73. The first-order chi connectivity index (χ1) is 10.2. The summed E-state index contributed by atoms with van der Waals surface area (Å²) in [5.41, 5.74) is 2.44. The molecular formula is C17H16O4. The molecule has 21 heavy (non-hydrogen) atoms. The molecule has 0 fully saturated rings. The maximum absolute atomic E-state index is 12.2. The molecule has 0 saturated heterocycles. The van der Waals surface area contributed by atoms with Gasteiger partial charge in [0.2, 0.25) is 0 Å². The van der Waals surface area contributed by atoms with Gasteiger partial charge in [-0.3, -0.25) is 0 Å². The topological polar surface area (TPSA) is 44.8 Å². The van der Waals surface area contributed by atoms with Gasteiger partial charge in [0.15, 0.2) is 0 Å². The Morgan fingerprint density at radius 3 is 2.48 bits per heavy atom. The average molecular weight is 284 g/mol. The molecule has 1 atom stereocenters. The Labute approximate surface area is 123 Å². The van der Waals surface area contributed by atoms with Crippen LogP contribution in [0.25, 0.3) is 0 Å². The van der Waals surface area contributed by atoms with Crippen molar-refractivity contribution in [2.45, 2.75) is 12.5 Å². The molecule has 3 rings (SSSR count). The van der Waals surface area contributed by atoms with Crippen molar-refractivity contribution in [1.82, 2.24) is 0 Å². The van der Waals surface area contributed by atoms with Gasteiger partial charge in [-0.05, 0) is 29.3 Å². The molecule has 2 aromatic carbocycles. The van der Waals surface area contributed by atoms with Crippen LogP contribution in [-0.4, -0.2) is 20.2 Å². The maximum Gasteiger partial charge on any atom is 0.342 e. The number of rotatable bonds is 3. The van der Waals surface area contributed by atoms with Crippen molar-refractivity contribution in [3.05, 3.63) is 59.2 Å². The van der Waals surface area contributed by atoms with Crippen molar-refractivity contribution >= 4 is 5.97 Å². The van der Waals surface area contributed by atoms with Gasteiger partial charge in [0.05, 0.1) is 14.2 Å². The van der Waals surface area contributed by atoms with Gasteiger partial charge >= 0.3 is 5.97 Å². The molecule has 1 aliphatic rings. The number of fused-ring (bicyclic) bond motifs is 1. The third-order valence-electron chi connectivity index (χ3n) is 3.68. The molecule has 2 aromatic rings. The average Bonchev–Trinajstić information content (AvgIpc) is 2.54. The molecule has 0 N–H and O–H groups in total. The fourth-order valence-electron chi connectivity index (χ4n) is 2.58. The van der Waals surface area contributed by atoms with Crippen LogP contribution in [0.3, 0.4) is 0 Å². The third kappa shape index (κ3) is 2.44. The van der Waals surface area contributed by atoms with Crippen molar-refractivity contribution in [2.24, 2.45) is 0 Å². The minimum atomic E-state index is -0.338. The zero-order chi connectivity index (χ0) is 14.8. The van der Waals surface area contributed by atoms with Crippen molar-refractivity contribution < 1.29 is 19.0 Å². The zero-order valence-corrected chi connectivity index (χ0v) is 12.0. The van der Waals surface area contributed by atoms with E-state index in [-0.39, 0.29) is 12.1 Å². The molecule has 0 radical (unpaired) electrons. The highest BCUT2D eigenvalue weighted by molar-refractivity contribution is 5.95. The van der Waals surface area contributed by atoms with Gasteiger partial charge in [0.1, 0.15) is 23.2 Å². The van der Waals surface area contributed by atoms with Gasteiger partial charge in [-0.15, -0.1) is 0 Å². The highest BCUT2D eigenvalue weighted by Gasteiger charge is 2.30. The van der Waals surface area contributed by atoms with Crippen molar-refractivity contribution in [3.8, 4) is 11.5 Å². The number of cyclic esters (lactones) is 1. The van der Waals surface area contributed by atoms with Crippen LogP contribution < -0.4 is 9.47 Å². The van der Waals surface area contributed by atoms with Crippen LogP contribution in [0.5, 0.6) is 11.5 Å². The lowest BCUT2D eigenvalue weighted by Gasteiger charge is -2.26. The van der Waals surface area contributed by atoms with E-state index < -0.39 is 0 Å². The van der Waals surface area contributed by atoms with E-state index in [0.29, 0.717) is 17.7 Å². The first-order valence-electron chi connectivity index (χ1n) is 6.73. The normalized spacial score (nSPS) is 16.9. The fraction of sp³-hybridized carbons (Fsp3) is 0.235. The minimum Gasteiger partial charge on any atom is -0.497 e. The van der Waals surface area contributed by atoms with Crippen molar-refractivity contribution in [3.63, 3.8) is 0 Å². The van der Waals surface area contributed by atoms with Gasteiger partial charge in [0.25, 0.3) is 0 Å². The van der Waals surface area contributed by atoms with Gasteiger partial charge in [-0.25, -0.2) is 4.79 Å². The number of esters is 1. The summed E-state index contributed by atoms with van der Waals surface area (Å²) in [6, 6.07) is 13.2. The van der Waals surface area contributed by atoms with Crippen molar-refractivity contribution in [1.29, 1.82) is 0 Å². The predicted octanol–water partition coefficient (Wildman–Crippen LogP) is 3.16. The first kappa shape index (κ1) is 13.5. The molecular weight excluding hydrogens is 268 g/mol. The smallest absolute Gasteiger partial charge is 0.342 e. The number of carbonyl (C=O) groups is 1. The van der Waals surface area contributed by atoms with Gasteiger partial charge < -0.3 is 14.2 Å². The molecule has 4 heteroatoms. The van der Waals surface area contributed by atoms with Crippen LogP contribution in [-0.2, 0) is 11.2 Å². The molecule has 0 unspecified atom stereocenters. The Balaban J connectivity index is 1.92. The van der Waals surface area contributed by atoms with E-state index in [4.69, 9.17) is 14.2 Å². The summed E-state index contributed by atoms with van der Waals surface area (Å²) < 4.78 is 15.9. The molecule has 0 bridgehead atoms. The molecule has 1 aliphatic heterocycles. The summed E-state index contributed by atoms with van der Waals surface area (Å²) in [6.45, 7) is 0. The van der Waals surface area contributed by atoms with E-state index in [2.05, 4.69) is 0 Å². The quantitative estimate of drug-likeness (QED) is 0.812. The van der Waals surface area contributed by atoms with Crippen LogP contribution >= 0.6 is 0 Å². The summed E-state index contributed by atoms with van der Waals surface area (Å²) in [4.78, 5) is 12.2. The molecule has 108 valence electrons. The van der Waals surface area contributed by atoms with Crippen molar-refractivity contribution in [2.75, 3.05) is 14.2 Å². The summed E-state index contributed by atoms with van der Waals surface area (Å²) in [5, 5.41) is 0. The van der Waals surface area contributed by atoms with E-state index in [0.717, 1.165) is 16.9 Å². The second kappa shape index (κ2) is 5.48. The number of methoxy groups -OCH3 is 2. The van der Waals surface area contributed by atoms with Crippen LogP contribution in [0, 0.1) is 0 Å². The number of carbonyl (C=O) groups excluding carboxylic acids is 1. The fourth-order valence-corrected chi connectivity index (χ4v) is 2.58. The van der Waals surface area contributed by atoms with Gasteiger partial charge in [0, 0.05) is 6.42 Å². The Kier molecular flexibility index (Phi) is 3.52. The van der Waals surface area contributed by atoms with E-state index in [9.17, 15) is 4.79 Å². The number of hydrogen-bond acceptors (Lipinski definition) is 4. The van der Waals surface area contributed by atoms with E-state index >= 15 is 0 Å². The molecule has 4 nitrogen and oxygen atoms in total. The standard InChI is InChI=1S/C17H16O4/c1-19-13-8-6-11(7-9-13)15-10-12-4-3-5-14(20-2)16(12)17(18)21-15/h3-9,15H,10H2,1-2H3/t15-/m0/s1. The highest BCUT2D eigenvalue weighted by Crippen LogP contribution is 2.35. The molecule has 0 amide bonds. The summed E-state index contributed by atoms with van der Waals surface area (Å²) in [5.74, 6) is 1.00. The lowest BCUT2D eigenvalue weighted by Crippen LogP contribution is -2.22. The number of ether oxygens (including phenoxy) is 3. The molecule has 1 heterocycles.